The maximum Gasteiger partial charge on any atom is 0.246 e. The van der Waals surface area contributed by atoms with Gasteiger partial charge in [0.1, 0.15) is 4.90 Å². The summed E-state index contributed by atoms with van der Waals surface area (Å²) in [6.07, 6.45) is 4.52. The molecule has 1 atom stereocenters. The molecular weight excluding hydrogens is 276 g/mol. The molecule has 0 bridgehead atoms. The van der Waals surface area contributed by atoms with Gasteiger partial charge in [0.05, 0.1) is 11.9 Å². The van der Waals surface area contributed by atoms with Crippen LogP contribution in [-0.2, 0) is 10.0 Å². The zero-order chi connectivity index (χ0) is 14.6. The molecule has 1 aliphatic rings. The van der Waals surface area contributed by atoms with E-state index in [0.29, 0.717) is 29.6 Å². The summed E-state index contributed by atoms with van der Waals surface area (Å²) >= 11 is 0. The van der Waals surface area contributed by atoms with Gasteiger partial charge >= 0.3 is 0 Å². The summed E-state index contributed by atoms with van der Waals surface area (Å²) in [5, 5.41) is 9.90. The molecule has 7 heteroatoms. The van der Waals surface area contributed by atoms with Crippen LogP contribution >= 0.6 is 0 Å². The second kappa shape index (κ2) is 6.69. The summed E-state index contributed by atoms with van der Waals surface area (Å²) in [5.41, 5.74) is 0.608. The van der Waals surface area contributed by atoms with Crippen LogP contribution in [0.4, 0.5) is 0 Å². The van der Waals surface area contributed by atoms with E-state index in [1.165, 1.54) is 6.20 Å². The number of rotatable bonds is 6. The highest BCUT2D eigenvalue weighted by molar-refractivity contribution is 7.89. The van der Waals surface area contributed by atoms with Crippen molar-refractivity contribution in [3.05, 3.63) is 11.9 Å². The first-order valence-corrected chi connectivity index (χ1v) is 8.70. The maximum atomic E-state index is 12.6. The average Bonchev–Trinajstić information content (AvgIpc) is 2.86. The lowest BCUT2D eigenvalue weighted by atomic mass is 10.00. The number of H-pyrrole nitrogens is 1. The fourth-order valence-electron chi connectivity index (χ4n) is 2.63. The summed E-state index contributed by atoms with van der Waals surface area (Å²) < 4.78 is 26.8. The number of piperidine rings is 1. The van der Waals surface area contributed by atoms with Crippen LogP contribution in [0.3, 0.4) is 0 Å². The zero-order valence-electron chi connectivity index (χ0n) is 12.2. The van der Waals surface area contributed by atoms with E-state index in [-0.39, 0.29) is 0 Å². The Morgan fingerprint density at radius 2 is 2.35 bits per heavy atom. The van der Waals surface area contributed by atoms with Crippen molar-refractivity contribution in [3.8, 4) is 0 Å². The minimum atomic E-state index is -3.40. The molecule has 2 N–H and O–H groups in total. The van der Waals surface area contributed by atoms with Gasteiger partial charge in [0.2, 0.25) is 10.0 Å². The van der Waals surface area contributed by atoms with Gasteiger partial charge in [0.25, 0.3) is 0 Å². The molecule has 1 aliphatic heterocycles. The molecule has 1 unspecified atom stereocenters. The second-order valence-corrected chi connectivity index (χ2v) is 7.34. The summed E-state index contributed by atoms with van der Waals surface area (Å²) in [7, 11) is -3.40. The molecule has 6 nitrogen and oxygen atoms in total. The van der Waals surface area contributed by atoms with Crippen LogP contribution in [0, 0.1) is 12.8 Å². The fourth-order valence-corrected chi connectivity index (χ4v) is 4.31. The van der Waals surface area contributed by atoms with E-state index < -0.39 is 10.0 Å². The molecule has 0 radical (unpaired) electrons. The number of nitrogens with zero attached hydrogens (tertiary/aromatic N) is 2. The minimum Gasteiger partial charge on any atom is -0.316 e. The van der Waals surface area contributed by atoms with Crippen molar-refractivity contribution in [2.75, 3.05) is 26.2 Å². The van der Waals surface area contributed by atoms with Crippen molar-refractivity contribution in [3.63, 3.8) is 0 Å². The lowest BCUT2D eigenvalue weighted by Crippen LogP contribution is -2.43. The van der Waals surface area contributed by atoms with Crippen LogP contribution in [-0.4, -0.2) is 49.1 Å². The van der Waals surface area contributed by atoms with Gasteiger partial charge < -0.3 is 5.32 Å². The molecule has 2 heterocycles. The van der Waals surface area contributed by atoms with Gasteiger partial charge in [-0.1, -0.05) is 6.92 Å². The van der Waals surface area contributed by atoms with Crippen molar-refractivity contribution in [1.82, 2.24) is 19.8 Å². The summed E-state index contributed by atoms with van der Waals surface area (Å²) in [6.45, 7) is 6.96. The van der Waals surface area contributed by atoms with Gasteiger partial charge in [0, 0.05) is 13.1 Å². The zero-order valence-corrected chi connectivity index (χ0v) is 13.0. The Hall–Kier alpha value is -0.920. The van der Waals surface area contributed by atoms with E-state index in [4.69, 9.17) is 0 Å². The van der Waals surface area contributed by atoms with Gasteiger partial charge in [-0.2, -0.15) is 9.40 Å². The Morgan fingerprint density at radius 1 is 1.55 bits per heavy atom. The van der Waals surface area contributed by atoms with Crippen molar-refractivity contribution in [2.45, 2.75) is 38.0 Å². The van der Waals surface area contributed by atoms with Gasteiger partial charge in [-0.05, 0) is 45.2 Å². The van der Waals surface area contributed by atoms with Crippen LogP contribution in [0.5, 0.6) is 0 Å². The molecule has 1 aromatic rings. The molecule has 20 heavy (non-hydrogen) atoms. The molecule has 0 amide bonds. The van der Waals surface area contributed by atoms with E-state index in [1.54, 1.807) is 11.2 Å². The number of nitrogens with one attached hydrogen (secondary N) is 2. The van der Waals surface area contributed by atoms with Crippen LogP contribution in [0.2, 0.25) is 0 Å². The number of aromatic amines is 1. The smallest absolute Gasteiger partial charge is 0.246 e. The van der Waals surface area contributed by atoms with Crippen molar-refractivity contribution in [1.29, 1.82) is 0 Å². The Balaban J connectivity index is 2.03. The second-order valence-electron chi connectivity index (χ2n) is 5.43. The van der Waals surface area contributed by atoms with Crippen molar-refractivity contribution >= 4 is 10.0 Å². The number of aryl methyl sites for hydroxylation is 1. The van der Waals surface area contributed by atoms with E-state index in [2.05, 4.69) is 22.4 Å². The largest absolute Gasteiger partial charge is 0.316 e. The lowest BCUT2D eigenvalue weighted by Gasteiger charge is -2.31. The predicted molar refractivity (Wildman–Crippen MR) is 78.0 cm³/mol. The molecule has 0 aliphatic carbocycles. The van der Waals surface area contributed by atoms with Gasteiger partial charge in [-0.15, -0.1) is 0 Å². The Bertz CT molecular complexity index is 526. The van der Waals surface area contributed by atoms with E-state index in [0.717, 1.165) is 32.4 Å². The molecule has 114 valence electrons. The van der Waals surface area contributed by atoms with Crippen molar-refractivity contribution in [2.24, 2.45) is 5.92 Å². The molecule has 2 rings (SSSR count). The third-order valence-corrected chi connectivity index (χ3v) is 5.72. The average molecular weight is 300 g/mol. The summed E-state index contributed by atoms with van der Waals surface area (Å²) in [4.78, 5) is 0.305. The molecule has 1 fully saturated rings. The molecular formula is C13H24N4O2S. The molecule has 0 aromatic carbocycles. The highest BCUT2D eigenvalue weighted by Crippen LogP contribution is 2.24. The highest BCUT2D eigenvalue weighted by atomic mass is 32.2. The third kappa shape index (κ3) is 3.39. The Labute approximate surface area is 121 Å². The standard InChI is InChI=1S/C13H24N4O2S/c1-3-6-14-8-12-5-4-7-17(10-12)20(18,19)13-9-15-16-11(13)2/h9,12,14H,3-8,10H2,1-2H3,(H,15,16). The van der Waals surface area contributed by atoms with Crippen molar-refractivity contribution < 1.29 is 8.42 Å². The van der Waals surface area contributed by atoms with Gasteiger partial charge in [-0.3, -0.25) is 5.10 Å². The Kier molecular flexibility index (Phi) is 5.17. The van der Waals surface area contributed by atoms with E-state index >= 15 is 0 Å². The highest BCUT2D eigenvalue weighted by Gasteiger charge is 2.31. The van der Waals surface area contributed by atoms with E-state index in [1.807, 2.05) is 0 Å². The fraction of sp³-hybridized carbons (Fsp3) is 0.769. The van der Waals surface area contributed by atoms with Crippen LogP contribution < -0.4 is 5.32 Å². The number of aromatic nitrogens is 2. The van der Waals surface area contributed by atoms with E-state index in [9.17, 15) is 8.42 Å². The molecule has 0 spiro atoms. The van der Waals surface area contributed by atoms with Crippen LogP contribution in [0.25, 0.3) is 0 Å². The number of hydrogen-bond donors (Lipinski definition) is 2. The SMILES string of the molecule is CCCNCC1CCCN(S(=O)(=O)c2cn[nH]c2C)C1. The first-order valence-electron chi connectivity index (χ1n) is 7.26. The first-order chi connectivity index (χ1) is 9.55. The topological polar surface area (TPSA) is 78.1 Å². The summed E-state index contributed by atoms with van der Waals surface area (Å²) in [6, 6.07) is 0. The predicted octanol–water partition coefficient (Wildman–Crippen LogP) is 1.12. The quantitative estimate of drug-likeness (QED) is 0.772. The van der Waals surface area contributed by atoms with Gasteiger partial charge in [-0.25, -0.2) is 8.42 Å². The van der Waals surface area contributed by atoms with Crippen LogP contribution in [0.1, 0.15) is 31.9 Å². The maximum absolute atomic E-state index is 12.6. The lowest BCUT2D eigenvalue weighted by molar-refractivity contribution is 0.260. The normalized spacial score (nSPS) is 21.2. The monoisotopic (exact) mass is 300 g/mol. The number of sulfonamides is 1. The summed E-state index contributed by atoms with van der Waals surface area (Å²) in [5.74, 6) is 0.400. The minimum absolute atomic E-state index is 0.305. The third-order valence-electron chi connectivity index (χ3n) is 3.74. The molecule has 1 saturated heterocycles. The first kappa shape index (κ1) is 15.5. The molecule has 1 aromatic heterocycles. The van der Waals surface area contributed by atoms with Crippen LogP contribution in [0.15, 0.2) is 11.1 Å². The van der Waals surface area contributed by atoms with Gasteiger partial charge in [0.15, 0.2) is 0 Å². The Morgan fingerprint density at radius 3 is 3.00 bits per heavy atom. The molecule has 0 saturated carbocycles. The number of hydrogen-bond acceptors (Lipinski definition) is 4.